The molecule has 0 atom stereocenters. The number of benzene rings is 2. The van der Waals surface area contributed by atoms with E-state index in [1.165, 1.54) is 12.1 Å². The highest BCUT2D eigenvalue weighted by molar-refractivity contribution is 5.95. The van der Waals surface area contributed by atoms with Crippen LogP contribution in [0.2, 0.25) is 0 Å². The third-order valence-corrected chi connectivity index (χ3v) is 2.67. The second-order valence-electron chi connectivity index (χ2n) is 4.23. The van der Waals surface area contributed by atoms with Crippen molar-refractivity contribution in [2.75, 3.05) is 0 Å². The number of nitrogens with one attached hydrogen (secondary N) is 1. The first-order valence-corrected chi connectivity index (χ1v) is 5.89. The van der Waals surface area contributed by atoms with Crippen LogP contribution in [0.5, 0.6) is 11.5 Å². The minimum Gasteiger partial charge on any atom is -0.508 e. The molecule has 0 spiro atoms. The molecule has 0 saturated carbocycles. The van der Waals surface area contributed by atoms with Crippen molar-refractivity contribution in [2.24, 2.45) is 0 Å². The minimum absolute atomic E-state index is 0.166. The first kappa shape index (κ1) is 13.4. The molecule has 0 aliphatic carbocycles. The van der Waals surface area contributed by atoms with E-state index in [-0.39, 0.29) is 23.6 Å². The van der Waals surface area contributed by atoms with Crippen molar-refractivity contribution in [1.29, 1.82) is 5.26 Å². The maximum atomic E-state index is 11.9. The topological polar surface area (TPSA) is 93.4 Å². The molecule has 0 fully saturated rings. The SMILES string of the molecule is N#Cc1cccc(CNC(=O)c2cc(O)cc(O)c2)c1. The van der Waals surface area contributed by atoms with E-state index in [1.54, 1.807) is 24.3 Å². The zero-order valence-corrected chi connectivity index (χ0v) is 10.5. The van der Waals surface area contributed by atoms with Gasteiger partial charge in [0, 0.05) is 18.2 Å². The van der Waals surface area contributed by atoms with Gasteiger partial charge in [-0.3, -0.25) is 4.79 Å². The summed E-state index contributed by atoms with van der Waals surface area (Å²) >= 11 is 0. The molecule has 1 amide bonds. The molecule has 0 heterocycles. The number of carbonyl (C=O) groups excluding carboxylic acids is 1. The number of amides is 1. The number of phenols is 2. The third kappa shape index (κ3) is 3.27. The Hall–Kier alpha value is -3.00. The van der Waals surface area contributed by atoms with Crippen LogP contribution in [0.15, 0.2) is 42.5 Å². The molecule has 0 unspecified atom stereocenters. The highest BCUT2D eigenvalue weighted by atomic mass is 16.3. The number of hydrogen-bond donors (Lipinski definition) is 3. The van der Waals surface area contributed by atoms with E-state index in [2.05, 4.69) is 5.32 Å². The van der Waals surface area contributed by atoms with Gasteiger partial charge in [0.15, 0.2) is 0 Å². The summed E-state index contributed by atoms with van der Waals surface area (Å²) in [6, 6.07) is 12.6. The number of carbonyl (C=O) groups is 1. The first-order chi connectivity index (χ1) is 9.58. The first-order valence-electron chi connectivity index (χ1n) is 5.89. The zero-order valence-electron chi connectivity index (χ0n) is 10.5. The van der Waals surface area contributed by atoms with Crippen molar-refractivity contribution in [3.8, 4) is 17.6 Å². The predicted molar refractivity (Wildman–Crippen MR) is 72.1 cm³/mol. The molecule has 3 N–H and O–H groups in total. The fourth-order valence-electron chi connectivity index (χ4n) is 1.76. The third-order valence-electron chi connectivity index (χ3n) is 2.67. The molecular formula is C15H12N2O3. The molecule has 2 aromatic rings. The molecule has 2 rings (SSSR count). The fourth-order valence-corrected chi connectivity index (χ4v) is 1.76. The molecule has 2 aromatic carbocycles. The molecule has 0 aliphatic heterocycles. The number of nitriles is 1. The molecule has 0 aliphatic rings. The quantitative estimate of drug-likeness (QED) is 0.792. The van der Waals surface area contributed by atoms with Gasteiger partial charge in [-0.2, -0.15) is 5.26 Å². The number of phenolic OH excluding ortho intramolecular Hbond substituents is 2. The maximum absolute atomic E-state index is 11.9. The summed E-state index contributed by atoms with van der Waals surface area (Å²) in [4.78, 5) is 11.9. The second-order valence-corrected chi connectivity index (χ2v) is 4.23. The van der Waals surface area contributed by atoms with Gasteiger partial charge in [-0.25, -0.2) is 0 Å². The number of nitrogens with zero attached hydrogens (tertiary/aromatic N) is 1. The molecule has 5 heteroatoms. The molecule has 5 nitrogen and oxygen atoms in total. The van der Waals surface area contributed by atoms with Crippen LogP contribution in [0.4, 0.5) is 0 Å². The zero-order chi connectivity index (χ0) is 14.5. The standard InChI is InChI=1S/C15H12N2O3/c16-8-10-2-1-3-11(4-10)9-17-15(20)12-5-13(18)7-14(19)6-12/h1-7,18-19H,9H2,(H,17,20). The minimum atomic E-state index is -0.418. The van der Waals surface area contributed by atoms with E-state index < -0.39 is 5.91 Å². The van der Waals surface area contributed by atoms with Gasteiger partial charge in [0.25, 0.3) is 5.91 Å². The Morgan fingerprint density at radius 2 is 1.85 bits per heavy atom. The van der Waals surface area contributed by atoms with Gasteiger partial charge in [0.1, 0.15) is 11.5 Å². The molecule has 20 heavy (non-hydrogen) atoms. The van der Waals surface area contributed by atoms with Gasteiger partial charge in [0.05, 0.1) is 11.6 Å². The molecule has 0 aromatic heterocycles. The normalized spacial score (nSPS) is 9.75. The van der Waals surface area contributed by atoms with E-state index in [1.807, 2.05) is 6.07 Å². The van der Waals surface area contributed by atoms with Crippen molar-refractivity contribution in [3.63, 3.8) is 0 Å². The summed E-state index contributed by atoms with van der Waals surface area (Å²) in [6.07, 6.45) is 0. The average molecular weight is 268 g/mol. The predicted octanol–water partition coefficient (Wildman–Crippen LogP) is 1.90. The van der Waals surface area contributed by atoms with Crippen molar-refractivity contribution in [2.45, 2.75) is 6.54 Å². The van der Waals surface area contributed by atoms with E-state index >= 15 is 0 Å². The highest BCUT2D eigenvalue weighted by Gasteiger charge is 2.08. The maximum Gasteiger partial charge on any atom is 0.251 e. The van der Waals surface area contributed by atoms with Gasteiger partial charge in [-0.1, -0.05) is 12.1 Å². The molecule has 100 valence electrons. The van der Waals surface area contributed by atoms with Crippen LogP contribution in [-0.4, -0.2) is 16.1 Å². The average Bonchev–Trinajstić information content (AvgIpc) is 2.44. The van der Waals surface area contributed by atoms with Gasteiger partial charge in [0.2, 0.25) is 0 Å². The van der Waals surface area contributed by atoms with Gasteiger partial charge in [-0.05, 0) is 29.8 Å². The summed E-state index contributed by atoms with van der Waals surface area (Å²) in [5.74, 6) is -0.776. The van der Waals surface area contributed by atoms with Crippen LogP contribution in [0.3, 0.4) is 0 Å². The monoisotopic (exact) mass is 268 g/mol. The molecular weight excluding hydrogens is 256 g/mol. The van der Waals surface area contributed by atoms with Crippen LogP contribution in [0.25, 0.3) is 0 Å². The lowest BCUT2D eigenvalue weighted by Gasteiger charge is -2.06. The lowest BCUT2D eigenvalue weighted by molar-refractivity contribution is 0.0950. The van der Waals surface area contributed by atoms with Crippen molar-refractivity contribution in [1.82, 2.24) is 5.32 Å². The van der Waals surface area contributed by atoms with Gasteiger partial charge >= 0.3 is 0 Å². The van der Waals surface area contributed by atoms with Crippen LogP contribution in [-0.2, 0) is 6.54 Å². The summed E-state index contributed by atoms with van der Waals surface area (Å²) in [5.41, 5.74) is 1.48. The Kier molecular flexibility index (Phi) is 3.87. The van der Waals surface area contributed by atoms with Crippen LogP contribution in [0, 0.1) is 11.3 Å². The van der Waals surface area contributed by atoms with E-state index in [0.29, 0.717) is 5.56 Å². The molecule has 0 saturated heterocycles. The van der Waals surface area contributed by atoms with Crippen molar-refractivity contribution >= 4 is 5.91 Å². The summed E-state index contributed by atoms with van der Waals surface area (Å²) in [6.45, 7) is 0.255. The van der Waals surface area contributed by atoms with Crippen LogP contribution < -0.4 is 5.32 Å². The Bertz CT molecular complexity index is 670. The number of aromatic hydroxyl groups is 2. The summed E-state index contributed by atoms with van der Waals surface area (Å²) in [5, 5.41) is 30.1. The Morgan fingerprint density at radius 1 is 1.15 bits per heavy atom. The van der Waals surface area contributed by atoms with E-state index in [0.717, 1.165) is 11.6 Å². The van der Waals surface area contributed by atoms with Crippen molar-refractivity contribution in [3.05, 3.63) is 59.2 Å². The van der Waals surface area contributed by atoms with E-state index in [9.17, 15) is 15.0 Å². The Morgan fingerprint density at radius 3 is 2.50 bits per heavy atom. The molecule has 0 bridgehead atoms. The fraction of sp³-hybridized carbons (Fsp3) is 0.0667. The largest absolute Gasteiger partial charge is 0.508 e. The lowest BCUT2D eigenvalue weighted by Crippen LogP contribution is -2.22. The smallest absolute Gasteiger partial charge is 0.251 e. The van der Waals surface area contributed by atoms with Crippen LogP contribution >= 0.6 is 0 Å². The van der Waals surface area contributed by atoms with Crippen LogP contribution in [0.1, 0.15) is 21.5 Å². The summed E-state index contributed by atoms with van der Waals surface area (Å²) in [7, 11) is 0. The summed E-state index contributed by atoms with van der Waals surface area (Å²) < 4.78 is 0. The number of rotatable bonds is 3. The Labute approximate surface area is 115 Å². The molecule has 0 radical (unpaired) electrons. The van der Waals surface area contributed by atoms with E-state index in [4.69, 9.17) is 5.26 Å². The highest BCUT2D eigenvalue weighted by Crippen LogP contribution is 2.20. The Balaban J connectivity index is 2.06. The second kappa shape index (κ2) is 5.76. The lowest BCUT2D eigenvalue weighted by atomic mass is 10.1. The number of hydrogen-bond acceptors (Lipinski definition) is 4. The van der Waals surface area contributed by atoms with Crippen molar-refractivity contribution < 1.29 is 15.0 Å². The van der Waals surface area contributed by atoms with Gasteiger partial charge in [-0.15, -0.1) is 0 Å². The van der Waals surface area contributed by atoms with Gasteiger partial charge < -0.3 is 15.5 Å².